The molecule has 158 valence electrons. The smallest absolute Gasteiger partial charge is 0.257 e. The molecule has 2 aliphatic heterocycles. The van der Waals surface area contributed by atoms with E-state index in [9.17, 15) is 9.59 Å². The minimum absolute atomic E-state index is 0.0834. The number of carbonyl (C=O) groups is 2. The first-order valence-electron chi connectivity index (χ1n) is 10.9. The van der Waals surface area contributed by atoms with Gasteiger partial charge in [-0.05, 0) is 75.6 Å². The lowest BCUT2D eigenvalue weighted by atomic mass is 10.0. The lowest BCUT2D eigenvalue weighted by molar-refractivity contribution is 0.0656. The first-order chi connectivity index (χ1) is 14.6. The standard InChI is InChI=1S/C24H29N3O3/c1-3-26-21-16-17(23(28)25-18-10-12-19(13-11-18)30-4-2)9-14-20(21)24(29)27-15-7-5-6-8-22(26)27/h9-14,16,22H,3-8,15H2,1-2H3,(H,25,28)/t22-/m1/s1. The maximum atomic E-state index is 13.1. The van der Waals surface area contributed by atoms with Gasteiger partial charge in [0.2, 0.25) is 0 Å². The topological polar surface area (TPSA) is 61.9 Å². The molecule has 1 fully saturated rings. The van der Waals surface area contributed by atoms with Gasteiger partial charge in [-0.15, -0.1) is 0 Å². The van der Waals surface area contributed by atoms with Gasteiger partial charge in [0.1, 0.15) is 11.9 Å². The van der Waals surface area contributed by atoms with Crippen molar-refractivity contribution in [1.29, 1.82) is 0 Å². The summed E-state index contributed by atoms with van der Waals surface area (Å²) in [5, 5.41) is 2.94. The van der Waals surface area contributed by atoms with Gasteiger partial charge in [0, 0.05) is 24.3 Å². The normalized spacial score (nSPS) is 18.3. The molecule has 2 heterocycles. The first-order valence-corrected chi connectivity index (χ1v) is 10.9. The summed E-state index contributed by atoms with van der Waals surface area (Å²) in [5.41, 5.74) is 2.81. The van der Waals surface area contributed by atoms with E-state index >= 15 is 0 Å². The van der Waals surface area contributed by atoms with Gasteiger partial charge in [-0.25, -0.2) is 0 Å². The number of nitrogens with zero attached hydrogens (tertiary/aromatic N) is 2. The number of benzene rings is 2. The number of hydrogen-bond acceptors (Lipinski definition) is 4. The van der Waals surface area contributed by atoms with Gasteiger partial charge in [0.05, 0.1) is 17.9 Å². The number of ether oxygens (including phenoxy) is 1. The van der Waals surface area contributed by atoms with Gasteiger partial charge < -0.3 is 19.9 Å². The van der Waals surface area contributed by atoms with Crippen LogP contribution in [-0.2, 0) is 0 Å². The van der Waals surface area contributed by atoms with Crippen LogP contribution in [0.15, 0.2) is 42.5 Å². The molecule has 0 spiro atoms. The van der Waals surface area contributed by atoms with Gasteiger partial charge in [-0.1, -0.05) is 6.42 Å². The highest BCUT2D eigenvalue weighted by Crippen LogP contribution is 2.35. The molecule has 2 aromatic rings. The van der Waals surface area contributed by atoms with Crippen LogP contribution < -0.4 is 15.0 Å². The minimum Gasteiger partial charge on any atom is -0.494 e. The first kappa shape index (κ1) is 20.3. The van der Waals surface area contributed by atoms with Crippen LogP contribution in [0.3, 0.4) is 0 Å². The predicted molar refractivity (Wildman–Crippen MR) is 118 cm³/mol. The zero-order chi connectivity index (χ0) is 21.1. The Kier molecular flexibility index (Phi) is 5.93. The van der Waals surface area contributed by atoms with Crippen molar-refractivity contribution in [2.24, 2.45) is 0 Å². The molecule has 6 nitrogen and oxygen atoms in total. The third kappa shape index (κ3) is 3.86. The second kappa shape index (κ2) is 8.78. The van der Waals surface area contributed by atoms with E-state index in [4.69, 9.17) is 4.74 Å². The molecule has 1 saturated heterocycles. The Morgan fingerprint density at radius 3 is 2.63 bits per heavy atom. The summed E-state index contributed by atoms with van der Waals surface area (Å²) < 4.78 is 5.44. The quantitative estimate of drug-likeness (QED) is 0.792. The molecular formula is C24H29N3O3. The molecule has 2 aromatic carbocycles. The van der Waals surface area contributed by atoms with Gasteiger partial charge in [-0.3, -0.25) is 9.59 Å². The number of carbonyl (C=O) groups excluding carboxylic acids is 2. The second-order valence-electron chi connectivity index (χ2n) is 7.76. The molecule has 2 amide bonds. The average molecular weight is 408 g/mol. The molecule has 30 heavy (non-hydrogen) atoms. The lowest BCUT2D eigenvalue weighted by Gasteiger charge is -2.44. The largest absolute Gasteiger partial charge is 0.494 e. The SMILES string of the molecule is CCOc1ccc(NC(=O)c2ccc3c(c2)N(CC)[C@H]2CCCCCN2C3=O)cc1. The Labute approximate surface area is 177 Å². The fourth-order valence-electron chi connectivity index (χ4n) is 4.44. The fourth-order valence-corrected chi connectivity index (χ4v) is 4.44. The zero-order valence-corrected chi connectivity index (χ0v) is 17.7. The lowest BCUT2D eigenvalue weighted by Crippen LogP contribution is -2.55. The third-order valence-corrected chi connectivity index (χ3v) is 5.91. The predicted octanol–water partition coefficient (Wildman–Crippen LogP) is 4.52. The third-order valence-electron chi connectivity index (χ3n) is 5.91. The summed E-state index contributed by atoms with van der Waals surface area (Å²) in [6, 6.07) is 12.7. The van der Waals surface area contributed by atoms with Crippen LogP contribution in [0, 0.1) is 0 Å². The van der Waals surface area contributed by atoms with Gasteiger partial charge >= 0.3 is 0 Å². The highest BCUT2D eigenvalue weighted by atomic mass is 16.5. The number of fused-ring (bicyclic) bond motifs is 2. The fraction of sp³-hybridized carbons (Fsp3) is 0.417. The molecule has 2 aliphatic rings. The molecule has 0 aliphatic carbocycles. The van der Waals surface area contributed by atoms with Crippen molar-refractivity contribution in [3.05, 3.63) is 53.6 Å². The Balaban J connectivity index is 1.59. The maximum absolute atomic E-state index is 13.1. The highest BCUT2D eigenvalue weighted by molar-refractivity contribution is 6.08. The van der Waals surface area contributed by atoms with E-state index in [-0.39, 0.29) is 18.0 Å². The van der Waals surface area contributed by atoms with Crippen molar-refractivity contribution in [2.45, 2.75) is 45.7 Å². The molecule has 0 bridgehead atoms. The van der Waals surface area contributed by atoms with E-state index in [1.807, 2.05) is 42.2 Å². The molecule has 0 saturated carbocycles. The van der Waals surface area contributed by atoms with E-state index in [1.165, 1.54) is 0 Å². The van der Waals surface area contributed by atoms with Gasteiger partial charge in [0.25, 0.3) is 11.8 Å². The number of hydrogen-bond donors (Lipinski definition) is 1. The molecule has 1 atom stereocenters. The Morgan fingerprint density at radius 2 is 1.90 bits per heavy atom. The Morgan fingerprint density at radius 1 is 1.10 bits per heavy atom. The van der Waals surface area contributed by atoms with Crippen LogP contribution in [0.1, 0.15) is 60.2 Å². The van der Waals surface area contributed by atoms with Crippen molar-refractivity contribution in [1.82, 2.24) is 4.90 Å². The van der Waals surface area contributed by atoms with Crippen molar-refractivity contribution in [2.75, 3.05) is 29.9 Å². The van der Waals surface area contributed by atoms with E-state index in [0.717, 1.165) is 50.2 Å². The maximum Gasteiger partial charge on any atom is 0.257 e. The van der Waals surface area contributed by atoms with E-state index < -0.39 is 0 Å². The van der Waals surface area contributed by atoms with Crippen LogP contribution in [0.5, 0.6) is 5.75 Å². The highest BCUT2D eigenvalue weighted by Gasteiger charge is 2.37. The van der Waals surface area contributed by atoms with Gasteiger partial charge in [-0.2, -0.15) is 0 Å². The molecule has 6 heteroatoms. The molecule has 4 rings (SSSR count). The molecule has 1 N–H and O–H groups in total. The summed E-state index contributed by atoms with van der Waals surface area (Å²) in [6.45, 7) is 6.25. The van der Waals surface area contributed by atoms with Crippen molar-refractivity contribution < 1.29 is 14.3 Å². The average Bonchev–Trinajstić information content (AvgIpc) is 3.02. The van der Waals surface area contributed by atoms with Crippen LogP contribution in [0.25, 0.3) is 0 Å². The summed E-state index contributed by atoms with van der Waals surface area (Å²) in [7, 11) is 0. The van der Waals surface area contributed by atoms with Crippen LogP contribution in [0.4, 0.5) is 11.4 Å². The Hall–Kier alpha value is -3.02. The summed E-state index contributed by atoms with van der Waals surface area (Å²) in [4.78, 5) is 30.3. The summed E-state index contributed by atoms with van der Waals surface area (Å²) >= 11 is 0. The van der Waals surface area contributed by atoms with Crippen molar-refractivity contribution >= 4 is 23.2 Å². The van der Waals surface area contributed by atoms with Crippen LogP contribution in [0.2, 0.25) is 0 Å². The molecular weight excluding hydrogens is 378 g/mol. The van der Waals surface area contributed by atoms with Gasteiger partial charge in [0.15, 0.2) is 0 Å². The number of nitrogens with one attached hydrogen (secondary N) is 1. The van der Waals surface area contributed by atoms with E-state index in [0.29, 0.717) is 23.4 Å². The van der Waals surface area contributed by atoms with Crippen molar-refractivity contribution in [3.8, 4) is 5.75 Å². The summed E-state index contributed by atoms with van der Waals surface area (Å²) in [5.74, 6) is 0.670. The van der Waals surface area contributed by atoms with Crippen molar-refractivity contribution in [3.63, 3.8) is 0 Å². The van der Waals surface area contributed by atoms with E-state index in [2.05, 4.69) is 17.1 Å². The molecule has 0 aromatic heterocycles. The minimum atomic E-state index is -0.186. The number of amides is 2. The zero-order valence-electron chi connectivity index (χ0n) is 17.7. The number of rotatable bonds is 5. The second-order valence-corrected chi connectivity index (χ2v) is 7.76. The monoisotopic (exact) mass is 407 g/mol. The molecule has 0 unspecified atom stereocenters. The molecule has 0 radical (unpaired) electrons. The van der Waals surface area contributed by atoms with Crippen LogP contribution >= 0.6 is 0 Å². The number of anilines is 2. The summed E-state index contributed by atoms with van der Waals surface area (Å²) in [6.07, 6.45) is 4.39. The van der Waals surface area contributed by atoms with E-state index in [1.54, 1.807) is 12.1 Å². The Bertz CT molecular complexity index is 926. The van der Waals surface area contributed by atoms with Crippen LogP contribution in [-0.4, -0.2) is 42.6 Å².